The number of sulfonamides is 1. The average Bonchev–Trinajstić information content (AvgIpc) is 2.81. The molecule has 5 nitrogen and oxygen atoms in total. The van der Waals surface area contributed by atoms with Crippen molar-refractivity contribution in [3.8, 4) is 0 Å². The van der Waals surface area contributed by atoms with E-state index >= 15 is 0 Å². The van der Waals surface area contributed by atoms with Gasteiger partial charge in [-0.15, -0.1) is 11.3 Å². The summed E-state index contributed by atoms with van der Waals surface area (Å²) in [6.07, 6.45) is -0.209. The Morgan fingerprint density at radius 2 is 2.05 bits per heavy atom. The van der Waals surface area contributed by atoms with Crippen molar-refractivity contribution in [1.82, 2.24) is 0 Å². The van der Waals surface area contributed by atoms with Gasteiger partial charge < -0.3 is 5.11 Å². The number of halogens is 2. The molecular weight excluding hydrogens is 402 g/mol. The fourth-order valence-electron chi connectivity index (χ4n) is 1.51. The first-order valence-electron chi connectivity index (χ1n) is 5.56. The summed E-state index contributed by atoms with van der Waals surface area (Å²) >= 11 is 10.1. The molecule has 0 amide bonds. The lowest BCUT2D eigenvalue weighted by Gasteiger charge is -2.08. The third-order valence-electron chi connectivity index (χ3n) is 2.40. The molecule has 0 spiro atoms. The van der Waals surface area contributed by atoms with Crippen LogP contribution in [-0.4, -0.2) is 19.5 Å². The van der Waals surface area contributed by atoms with Gasteiger partial charge in [0.2, 0.25) is 0 Å². The fraction of sp³-hybridized carbons (Fsp3) is 0.0833. The summed E-state index contributed by atoms with van der Waals surface area (Å²) in [6, 6.07) is 7.63. The molecule has 1 heterocycles. The van der Waals surface area contributed by atoms with Gasteiger partial charge in [0.15, 0.2) is 0 Å². The number of carbonyl (C=O) groups is 1. The number of nitrogens with one attached hydrogen (secondary N) is 1. The van der Waals surface area contributed by atoms with E-state index < -0.39 is 16.0 Å². The van der Waals surface area contributed by atoms with Gasteiger partial charge in [-0.1, -0.05) is 27.5 Å². The van der Waals surface area contributed by atoms with Crippen molar-refractivity contribution in [3.63, 3.8) is 0 Å². The summed E-state index contributed by atoms with van der Waals surface area (Å²) in [7, 11) is -3.79. The quantitative estimate of drug-likeness (QED) is 0.789. The fourth-order valence-corrected chi connectivity index (χ4v) is 4.72. The number of carboxylic acid groups (broad SMARTS) is 1. The zero-order valence-corrected chi connectivity index (χ0v) is 14.3. The first-order chi connectivity index (χ1) is 9.78. The molecule has 0 fully saturated rings. The molecule has 21 heavy (non-hydrogen) atoms. The lowest BCUT2D eigenvalue weighted by Crippen LogP contribution is -2.11. The van der Waals surface area contributed by atoms with Crippen molar-refractivity contribution in [2.45, 2.75) is 10.6 Å². The van der Waals surface area contributed by atoms with Crippen molar-refractivity contribution >= 4 is 60.5 Å². The maximum Gasteiger partial charge on any atom is 0.308 e. The molecule has 1 aromatic heterocycles. The molecule has 2 N–H and O–H groups in total. The number of hydrogen-bond acceptors (Lipinski definition) is 4. The number of hydrogen-bond donors (Lipinski definition) is 2. The van der Waals surface area contributed by atoms with Crippen molar-refractivity contribution in [2.75, 3.05) is 4.72 Å². The Morgan fingerprint density at radius 1 is 1.33 bits per heavy atom. The van der Waals surface area contributed by atoms with Crippen LogP contribution in [-0.2, 0) is 21.2 Å². The first-order valence-corrected chi connectivity index (χ1v) is 9.03. The lowest BCUT2D eigenvalue weighted by atomic mass is 10.3. The van der Waals surface area contributed by atoms with E-state index in [2.05, 4.69) is 20.7 Å². The highest BCUT2D eigenvalue weighted by atomic mass is 79.9. The number of aliphatic carboxylic acids is 1. The van der Waals surface area contributed by atoms with Gasteiger partial charge >= 0.3 is 5.97 Å². The highest BCUT2D eigenvalue weighted by Gasteiger charge is 2.19. The topological polar surface area (TPSA) is 83.5 Å². The SMILES string of the molecule is O=C(O)Cc1ccc(S(=O)(=O)Nc2ccc(Br)cc2Cl)s1. The van der Waals surface area contributed by atoms with E-state index in [0.29, 0.717) is 4.88 Å². The zero-order chi connectivity index (χ0) is 15.6. The van der Waals surface area contributed by atoms with Crippen LogP contribution in [0.4, 0.5) is 5.69 Å². The molecule has 112 valence electrons. The Bertz CT molecular complexity index is 788. The van der Waals surface area contributed by atoms with E-state index in [1.807, 2.05) is 0 Å². The Hall–Kier alpha value is -1.09. The van der Waals surface area contributed by atoms with E-state index in [4.69, 9.17) is 16.7 Å². The van der Waals surface area contributed by atoms with E-state index in [-0.39, 0.29) is 21.3 Å². The molecule has 2 aromatic rings. The van der Waals surface area contributed by atoms with Crippen LogP contribution in [0.25, 0.3) is 0 Å². The van der Waals surface area contributed by atoms with Gasteiger partial charge in [-0.2, -0.15) is 0 Å². The van der Waals surface area contributed by atoms with Gasteiger partial charge in [0, 0.05) is 9.35 Å². The minimum atomic E-state index is -3.79. The molecule has 0 saturated heterocycles. The number of anilines is 1. The summed E-state index contributed by atoms with van der Waals surface area (Å²) in [6.45, 7) is 0. The highest BCUT2D eigenvalue weighted by Crippen LogP contribution is 2.29. The van der Waals surface area contributed by atoms with E-state index in [0.717, 1.165) is 15.8 Å². The van der Waals surface area contributed by atoms with Gasteiger partial charge in [-0.3, -0.25) is 9.52 Å². The van der Waals surface area contributed by atoms with Crippen LogP contribution >= 0.6 is 38.9 Å². The minimum absolute atomic E-state index is 0.0396. The van der Waals surface area contributed by atoms with Gasteiger partial charge in [0.05, 0.1) is 17.1 Å². The Kier molecular flexibility index (Phi) is 4.92. The van der Waals surface area contributed by atoms with Crippen LogP contribution in [0.5, 0.6) is 0 Å². The molecular formula is C12H9BrClNO4S2. The van der Waals surface area contributed by atoms with E-state index in [1.165, 1.54) is 18.2 Å². The molecule has 0 aliphatic heterocycles. The Balaban J connectivity index is 2.25. The van der Waals surface area contributed by atoms with Gasteiger partial charge in [0.1, 0.15) is 4.21 Å². The van der Waals surface area contributed by atoms with Crippen LogP contribution in [0.1, 0.15) is 4.88 Å². The lowest BCUT2D eigenvalue weighted by molar-refractivity contribution is -0.136. The largest absolute Gasteiger partial charge is 0.481 e. The van der Waals surface area contributed by atoms with Crippen molar-refractivity contribution in [3.05, 3.63) is 44.7 Å². The second-order valence-corrected chi connectivity index (χ2v) is 8.42. The predicted molar refractivity (Wildman–Crippen MR) is 85.6 cm³/mol. The second kappa shape index (κ2) is 6.35. The van der Waals surface area contributed by atoms with Crippen molar-refractivity contribution < 1.29 is 18.3 Å². The van der Waals surface area contributed by atoms with Crippen LogP contribution < -0.4 is 4.72 Å². The molecule has 0 radical (unpaired) electrons. The van der Waals surface area contributed by atoms with Gasteiger partial charge in [0.25, 0.3) is 10.0 Å². The average molecular weight is 411 g/mol. The summed E-state index contributed by atoms with van der Waals surface area (Å²) in [5, 5.41) is 8.96. The molecule has 0 aliphatic rings. The summed E-state index contributed by atoms with van der Waals surface area (Å²) < 4.78 is 27.6. The van der Waals surface area contributed by atoms with Gasteiger partial charge in [-0.25, -0.2) is 8.42 Å². The molecule has 0 saturated carbocycles. The van der Waals surface area contributed by atoms with E-state index in [9.17, 15) is 13.2 Å². The monoisotopic (exact) mass is 409 g/mol. The molecule has 0 bridgehead atoms. The Morgan fingerprint density at radius 3 is 2.67 bits per heavy atom. The van der Waals surface area contributed by atoms with Crippen LogP contribution in [0.15, 0.2) is 39.0 Å². The summed E-state index contributed by atoms with van der Waals surface area (Å²) in [4.78, 5) is 11.1. The summed E-state index contributed by atoms with van der Waals surface area (Å²) in [5.74, 6) is -1.01. The Labute approximate surface area is 138 Å². The third-order valence-corrected chi connectivity index (χ3v) is 6.15. The van der Waals surface area contributed by atoms with Crippen LogP contribution in [0.2, 0.25) is 5.02 Å². The number of carboxylic acids is 1. The molecule has 0 unspecified atom stereocenters. The normalized spacial score (nSPS) is 11.3. The van der Waals surface area contributed by atoms with Crippen LogP contribution in [0.3, 0.4) is 0 Å². The second-order valence-electron chi connectivity index (χ2n) is 4.02. The molecule has 1 aromatic carbocycles. The summed E-state index contributed by atoms with van der Waals surface area (Å²) in [5.41, 5.74) is 0.257. The van der Waals surface area contributed by atoms with Crippen molar-refractivity contribution in [2.24, 2.45) is 0 Å². The standard InChI is InChI=1S/C12H9BrClNO4S2/c13-7-1-3-10(9(14)5-7)15-21(18,19)12-4-2-8(20-12)6-11(16)17/h1-5,15H,6H2,(H,16,17). The maximum absolute atomic E-state index is 12.2. The van der Waals surface area contributed by atoms with Gasteiger partial charge in [-0.05, 0) is 30.3 Å². The smallest absolute Gasteiger partial charge is 0.308 e. The number of thiophene rings is 1. The highest BCUT2D eigenvalue weighted by molar-refractivity contribution is 9.10. The zero-order valence-electron chi connectivity index (χ0n) is 10.3. The molecule has 2 rings (SSSR count). The molecule has 0 aliphatic carbocycles. The minimum Gasteiger partial charge on any atom is -0.481 e. The van der Waals surface area contributed by atoms with E-state index in [1.54, 1.807) is 12.1 Å². The number of rotatable bonds is 5. The van der Waals surface area contributed by atoms with Crippen molar-refractivity contribution in [1.29, 1.82) is 0 Å². The predicted octanol–water partition coefficient (Wildman–Crippen LogP) is 3.59. The number of benzene rings is 1. The molecule has 9 heteroatoms. The maximum atomic E-state index is 12.2. The first kappa shape index (κ1) is 16.3. The van der Waals surface area contributed by atoms with Crippen LogP contribution in [0, 0.1) is 0 Å². The molecule has 0 atom stereocenters. The third kappa shape index (κ3) is 4.19.